The molecule has 0 radical (unpaired) electrons. The fourth-order valence-electron chi connectivity index (χ4n) is 1.73. The van der Waals surface area contributed by atoms with Gasteiger partial charge in [0.1, 0.15) is 18.0 Å². The average Bonchev–Trinajstić information content (AvgIpc) is 2.85. The number of rotatable bonds is 3. The molecule has 0 atom stereocenters. The lowest BCUT2D eigenvalue weighted by molar-refractivity contribution is 0.305. The van der Waals surface area contributed by atoms with E-state index in [1.807, 2.05) is 54.2 Å². The standard InChI is InChI=1S/C14H13N3O/c1-11-2-3-12(9-16-11)10-18-13-4-6-17-7-5-15-14(17)8-13/h2-9H,10H2,1H3. The van der Waals surface area contributed by atoms with Crippen molar-refractivity contribution in [3.63, 3.8) is 0 Å². The highest BCUT2D eigenvalue weighted by Crippen LogP contribution is 2.14. The normalized spacial score (nSPS) is 10.7. The Kier molecular flexibility index (Phi) is 2.68. The molecular weight excluding hydrogens is 226 g/mol. The Morgan fingerprint density at radius 2 is 2.11 bits per heavy atom. The highest BCUT2D eigenvalue weighted by atomic mass is 16.5. The van der Waals surface area contributed by atoms with Crippen LogP contribution >= 0.6 is 0 Å². The molecule has 4 heteroatoms. The number of ether oxygens (including phenoxy) is 1. The van der Waals surface area contributed by atoms with Crippen molar-refractivity contribution in [1.29, 1.82) is 0 Å². The van der Waals surface area contributed by atoms with E-state index in [0.717, 1.165) is 22.7 Å². The molecule has 0 fully saturated rings. The Morgan fingerprint density at radius 1 is 1.17 bits per heavy atom. The average molecular weight is 239 g/mol. The zero-order valence-corrected chi connectivity index (χ0v) is 10.1. The minimum absolute atomic E-state index is 0.518. The number of imidazole rings is 1. The Balaban J connectivity index is 1.74. The van der Waals surface area contributed by atoms with E-state index < -0.39 is 0 Å². The molecule has 0 aliphatic heterocycles. The summed E-state index contributed by atoms with van der Waals surface area (Å²) in [6.45, 7) is 2.49. The van der Waals surface area contributed by atoms with Gasteiger partial charge in [0, 0.05) is 42.1 Å². The molecule has 4 nitrogen and oxygen atoms in total. The molecule has 0 saturated carbocycles. The summed E-state index contributed by atoms with van der Waals surface area (Å²) in [5.41, 5.74) is 2.95. The second-order valence-electron chi connectivity index (χ2n) is 4.15. The van der Waals surface area contributed by atoms with E-state index in [-0.39, 0.29) is 0 Å². The summed E-state index contributed by atoms with van der Waals surface area (Å²) in [6, 6.07) is 7.85. The molecule has 3 rings (SSSR count). The van der Waals surface area contributed by atoms with Gasteiger partial charge >= 0.3 is 0 Å². The van der Waals surface area contributed by atoms with E-state index >= 15 is 0 Å². The molecule has 0 amide bonds. The molecule has 0 aliphatic carbocycles. The predicted molar refractivity (Wildman–Crippen MR) is 68.5 cm³/mol. The molecule has 0 unspecified atom stereocenters. The number of aryl methyl sites for hydroxylation is 1. The van der Waals surface area contributed by atoms with Crippen molar-refractivity contribution in [2.45, 2.75) is 13.5 Å². The largest absolute Gasteiger partial charge is 0.489 e. The molecule has 0 aliphatic rings. The van der Waals surface area contributed by atoms with Gasteiger partial charge in [-0.15, -0.1) is 0 Å². The molecule has 90 valence electrons. The van der Waals surface area contributed by atoms with Crippen LogP contribution < -0.4 is 4.74 Å². The number of hydrogen-bond donors (Lipinski definition) is 0. The first-order valence-electron chi connectivity index (χ1n) is 5.78. The highest BCUT2D eigenvalue weighted by Gasteiger charge is 1.99. The quantitative estimate of drug-likeness (QED) is 0.705. The lowest BCUT2D eigenvalue weighted by Gasteiger charge is -2.06. The van der Waals surface area contributed by atoms with Gasteiger partial charge in [0.05, 0.1) is 0 Å². The first kappa shape index (κ1) is 10.8. The second-order valence-corrected chi connectivity index (χ2v) is 4.15. The summed E-state index contributed by atoms with van der Waals surface area (Å²) in [4.78, 5) is 8.45. The van der Waals surface area contributed by atoms with Crippen molar-refractivity contribution in [1.82, 2.24) is 14.4 Å². The molecule has 3 aromatic rings. The topological polar surface area (TPSA) is 39.4 Å². The van der Waals surface area contributed by atoms with Crippen molar-refractivity contribution in [2.75, 3.05) is 0 Å². The minimum atomic E-state index is 0.518. The van der Waals surface area contributed by atoms with E-state index in [1.54, 1.807) is 6.20 Å². The number of hydrogen-bond acceptors (Lipinski definition) is 3. The number of fused-ring (bicyclic) bond motifs is 1. The van der Waals surface area contributed by atoms with E-state index in [2.05, 4.69) is 9.97 Å². The maximum atomic E-state index is 5.72. The van der Waals surface area contributed by atoms with Crippen LogP contribution in [0, 0.1) is 6.92 Å². The van der Waals surface area contributed by atoms with Crippen LogP contribution in [0.3, 0.4) is 0 Å². The van der Waals surface area contributed by atoms with Gasteiger partial charge in [-0.25, -0.2) is 4.98 Å². The Morgan fingerprint density at radius 3 is 2.94 bits per heavy atom. The van der Waals surface area contributed by atoms with Crippen LogP contribution in [-0.2, 0) is 6.61 Å². The molecule has 3 heterocycles. The molecule has 0 bridgehead atoms. The van der Waals surface area contributed by atoms with Gasteiger partial charge in [0.2, 0.25) is 0 Å². The van der Waals surface area contributed by atoms with Gasteiger partial charge in [-0.2, -0.15) is 0 Å². The number of aromatic nitrogens is 3. The minimum Gasteiger partial charge on any atom is -0.489 e. The third-order valence-electron chi connectivity index (χ3n) is 2.75. The third kappa shape index (κ3) is 2.18. The maximum Gasteiger partial charge on any atom is 0.140 e. The number of nitrogens with zero attached hydrogens (tertiary/aromatic N) is 3. The summed E-state index contributed by atoms with van der Waals surface area (Å²) >= 11 is 0. The van der Waals surface area contributed by atoms with Crippen LogP contribution in [-0.4, -0.2) is 14.4 Å². The SMILES string of the molecule is Cc1ccc(COc2ccn3ccnc3c2)cn1. The van der Waals surface area contributed by atoms with Crippen LogP contribution in [0.15, 0.2) is 49.1 Å². The van der Waals surface area contributed by atoms with Crippen molar-refractivity contribution in [2.24, 2.45) is 0 Å². The Labute approximate surface area is 105 Å². The van der Waals surface area contributed by atoms with Gasteiger partial charge in [-0.1, -0.05) is 6.07 Å². The summed E-state index contributed by atoms with van der Waals surface area (Å²) in [5, 5.41) is 0. The van der Waals surface area contributed by atoms with Crippen LogP contribution in [0.1, 0.15) is 11.3 Å². The van der Waals surface area contributed by atoms with Gasteiger partial charge in [-0.05, 0) is 19.1 Å². The van der Waals surface area contributed by atoms with E-state index in [1.165, 1.54) is 0 Å². The summed E-state index contributed by atoms with van der Waals surface area (Å²) in [6.07, 6.45) is 7.44. The monoisotopic (exact) mass is 239 g/mol. The molecule has 0 spiro atoms. The summed E-state index contributed by atoms with van der Waals surface area (Å²) in [7, 11) is 0. The smallest absolute Gasteiger partial charge is 0.140 e. The molecule has 0 N–H and O–H groups in total. The van der Waals surface area contributed by atoms with Gasteiger partial charge in [-0.3, -0.25) is 4.98 Å². The molecule has 0 saturated heterocycles. The van der Waals surface area contributed by atoms with E-state index in [9.17, 15) is 0 Å². The number of pyridine rings is 2. The third-order valence-corrected chi connectivity index (χ3v) is 2.75. The van der Waals surface area contributed by atoms with E-state index in [0.29, 0.717) is 6.61 Å². The lowest BCUT2D eigenvalue weighted by atomic mass is 10.3. The first-order valence-corrected chi connectivity index (χ1v) is 5.78. The van der Waals surface area contributed by atoms with E-state index in [4.69, 9.17) is 4.74 Å². The van der Waals surface area contributed by atoms with Crippen LogP contribution in [0.2, 0.25) is 0 Å². The summed E-state index contributed by atoms with van der Waals surface area (Å²) in [5.74, 6) is 0.814. The van der Waals surface area contributed by atoms with Crippen molar-refractivity contribution in [3.05, 3.63) is 60.3 Å². The van der Waals surface area contributed by atoms with Crippen molar-refractivity contribution >= 4 is 5.65 Å². The van der Waals surface area contributed by atoms with Gasteiger partial charge < -0.3 is 9.14 Å². The molecule has 3 aromatic heterocycles. The van der Waals surface area contributed by atoms with Crippen LogP contribution in [0.5, 0.6) is 5.75 Å². The maximum absolute atomic E-state index is 5.72. The fourth-order valence-corrected chi connectivity index (χ4v) is 1.73. The highest BCUT2D eigenvalue weighted by molar-refractivity contribution is 5.44. The Bertz CT molecular complexity index is 658. The van der Waals surface area contributed by atoms with Gasteiger partial charge in [0.15, 0.2) is 0 Å². The van der Waals surface area contributed by atoms with Crippen LogP contribution in [0.25, 0.3) is 5.65 Å². The zero-order valence-electron chi connectivity index (χ0n) is 10.1. The predicted octanol–water partition coefficient (Wildman–Crippen LogP) is 2.62. The Hall–Kier alpha value is -2.36. The summed E-state index contributed by atoms with van der Waals surface area (Å²) < 4.78 is 7.66. The van der Waals surface area contributed by atoms with Crippen molar-refractivity contribution < 1.29 is 4.74 Å². The first-order chi connectivity index (χ1) is 8.81. The van der Waals surface area contributed by atoms with Crippen molar-refractivity contribution in [3.8, 4) is 5.75 Å². The molecular formula is C14H13N3O. The lowest BCUT2D eigenvalue weighted by Crippen LogP contribution is -1.97. The van der Waals surface area contributed by atoms with Crippen LogP contribution in [0.4, 0.5) is 0 Å². The second kappa shape index (κ2) is 4.49. The molecule has 0 aromatic carbocycles. The fraction of sp³-hybridized carbons (Fsp3) is 0.143. The van der Waals surface area contributed by atoms with Gasteiger partial charge in [0.25, 0.3) is 0 Å². The molecule has 18 heavy (non-hydrogen) atoms. The zero-order chi connectivity index (χ0) is 12.4.